The fraction of sp³-hybridized carbons (Fsp3) is 0.294. The van der Waals surface area contributed by atoms with Gasteiger partial charge in [-0.3, -0.25) is 29.0 Å². The van der Waals surface area contributed by atoms with Crippen LogP contribution in [0, 0.1) is 29.6 Å². The summed E-state index contributed by atoms with van der Waals surface area (Å²) in [5.74, 6) is -3.61. The van der Waals surface area contributed by atoms with Crippen LogP contribution in [0.1, 0.15) is 34.1 Å². The second-order valence-corrected chi connectivity index (χ2v) is 14.0. The minimum atomic E-state index is -0.617. The van der Waals surface area contributed by atoms with Crippen LogP contribution in [-0.4, -0.2) is 38.5 Å². The van der Waals surface area contributed by atoms with Gasteiger partial charge in [-0.25, -0.2) is 0 Å². The van der Waals surface area contributed by atoms with Gasteiger partial charge in [0.05, 0.1) is 36.8 Å². The Bertz CT molecular complexity index is 1830. The van der Waals surface area contributed by atoms with E-state index in [0.29, 0.717) is 18.2 Å². The van der Waals surface area contributed by atoms with E-state index >= 15 is 0 Å². The van der Waals surface area contributed by atoms with Crippen LogP contribution >= 0.6 is 22.7 Å². The first-order valence-corrected chi connectivity index (χ1v) is 16.3. The fourth-order valence-electron chi connectivity index (χ4n) is 8.07. The van der Waals surface area contributed by atoms with Gasteiger partial charge in [0.1, 0.15) is 5.75 Å². The zero-order chi connectivity index (χ0) is 29.4. The summed E-state index contributed by atoms with van der Waals surface area (Å²) in [5.41, 5.74) is 1.83. The molecule has 8 rings (SSSR count). The largest absolute Gasteiger partial charge is 0.507 e. The standard InChI is InChI=1S/C34H28N2O5S2/c37-27-12-11-22(20-7-1-2-8-21(20)27)28-23-9-10-24-29(33(40)35(31(24)38)16-18-5-3-13-42-18)25(23)15-26-30(28)34(41)36(32(26)39)17-19-6-4-14-43-19/h1-9,11-14,24-26,28-30,37H,10,15-17H2. The first-order chi connectivity index (χ1) is 20.9. The van der Waals surface area contributed by atoms with Crippen LogP contribution in [0.25, 0.3) is 10.8 Å². The molecule has 4 amide bonds. The fourth-order valence-corrected chi connectivity index (χ4v) is 9.46. The van der Waals surface area contributed by atoms with E-state index < -0.39 is 29.6 Å². The van der Waals surface area contributed by atoms with E-state index in [1.807, 2.05) is 65.4 Å². The number of hydrogen-bond donors (Lipinski definition) is 1. The van der Waals surface area contributed by atoms with Crippen molar-refractivity contribution in [1.29, 1.82) is 0 Å². The Morgan fingerprint density at radius 2 is 1.30 bits per heavy atom. The van der Waals surface area contributed by atoms with Gasteiger partial charge in [-0.2, -0.15) is 0 Å². The van der Waals surface area contributed by atoms with Crippen molar-refractivity contribution in [2.75, 3.05) is 0 Å². The number of carbonyl (C=O) groups is 4. The number of benzene rings is 2. The molecule has 4 aliphatic rings. The van der Waals surface area contributed by atoms with Gasteiger partial charge in [0, 0.05) is 21.1 Å². The summed E-state index contributed by atoms with van der Waals surface area (Å²) >= 11 is 3.03. The average molecular weight is 609 g/mol. The number of amides is 4. The summed E-state index contributed by atoms with van der Waals surface area (Å²) in [6.07, 6.45) is 2.86. The molecule has 7 nitrogen and oxygen atoms in total. The van der Waals surface area contributed by atoms with E-state index in [4.69, 9.17) is 0 Å². The molecular weight excluding hydrogens is 581 g/mol. The maximum Gasteiger partial charge on any atom is 0.234 e. The molecule has 2 aliphatic carbocycles. The maximum absolute atomic E-state index is 14.2. The first-order valence-electron chi connectivity index (χ1n) is 14.6. The molecule has 4 aromatic rings. The Morgan fingerprint density at radius 3 is 1.95 bits per heavy atom. The molecular formula is C34H28N2O5S2. The lowest BCUT2D eigenvalue weighted by atomic mass is 9.57. The number of imide groups is 2. The molecule has 0 radical (unpaired) electrons. The number of phenols is 1. The first kappa shape index (κ1) is 26.5. The number of hydrogen-bond acceptors (Lipinski definition) is 7. The second-order valence-electron chi connectivity index (χ2n) is 11.9. The van der Waals surface area contributed by atoms with Gasteiger partial charge in [0.15, 0.2) is 0 Å². The molecule has 2 aliphatic heterocycles. The topological polar surface area (TPSA) is 95.0 Å². The average Bonchev–Trinajstić information content (AvgIpc) is 3.82. The molecule has 9 heteroatoms. The smallest absolute Gasteiger partial charge is 0.234 e. The van der Waals surface area contributed by atoms with Crippen LogP contribution in [0.2, 0.25) is 0 Å². The molecule has 6 atom stereocenters. The molecule has 216 valence electrons. The van der Waals surface area contributed by atoms with Crippen LogP contribution in [0.4, 0.5) is 0 Å². The van der Waals surface area contributed by atoms with Crippen molar-refractivity contribution in [3.63, 3.8) is 0 Å². The number of fused-ring (bicyclic) bond motifs is 5. The van der Waals surface area contributed by atoms with E-state index in [-0.39, 0.29) is 48.4 Å². The quantitative estimate of drug-likeness (QED) is 0.232. The maximum atomic E-state index is 14.2. The summed E-state index contributed by atoms with van der Waals surface area (Å²) in [6.45, 7) is 0.488. The summed E-state index contributed by atoms with van der Waals surface area (Å²) in [6, 6.07) is 18.7. The molecule has 2 saturated heterocycles. The van der Waals surface area contributed by atoms with E-state index in [9.17, 15) is 24.3 Å². The predicted molar refractivity (Wildman–Crippen MR) is 163 cm³/mol. The normalized spacial score (nSPS) is 28.3. The Kier molecular flexibility index (Phi) is 6.17. The number of phenolic OH excluding ortho intramolecular Hbond substituents is 1. The Hall–Kier alpha value is -4.08. The van der Waals surface area contributed by atoms with Crippen molar-refractivity contribution in [2.24, 2.45) is 29.6 Å². The van der Waals surface area contributed by atoms with Gasteiger partial charge in [-0.05, 0) is 58.7 Å². The molecule has 43 heavy (non-hydrogen) atoms. The zero-order valence-electron chi connectivity index (χ0n) is 23.1. The second kappa shape index (κ2) is 9.99. The van der Waals surface area contributed by atoms with Gasteiger partial charge in [0.2, 0.25) is 23.6 Å². The lowest BCUT2D eigenvalue weighted by Crippen LogP contribution is -2.43. The van der Waals surface area contributed by atoms with E-state index in [0.717, 1.165) is 26.3 Å². The summed E-state index contributed by atoms with van der Waals surface area (Å²) in [7, 11) is 0. The number of rotatable bonds is 5. The van der Waals surface area contributed by atoms with E-state index in [1.165, 1.54) is 32.5 Å². The molecule has 4 heterocycles. The Balaban J connectivity index is 1.25. The van der Waals surface area contributed by atoms with Crippen LogP contribution in [0.3, 0.4) is 0 Å². The Morgan fingerprint density at radius 1 is 0.674 bits per heavy atom. The van der Waals surface area contributed by atoms with Crippen LogP contribution < -0.4 is 0 Å². The SMILES string of the molecule is O=C1C2CC=C3C(CC4C(=O)N(Cc5cccs5)C(=O)C4C3c3ccc(O)c4ccccc34)C2C(=O)N1Cc1cccs1. The highest BCUT2D eigenvalue weighted by Crippen LogP contribution is 2.59. The molecule has 2 aromatic carbocycles. The van der Waals surface area contributed by atoms with E-state index in [1.54, 1.807) is 6.07 Å². The van der Waals surface area contributed by atoms with Crippen molar-refractivity contribution >= 4 is 57.1 Å². The van der Waals surface area contributed by atoms with Crippen LogP contribution in [0.5, 0.6) is 5.75 Å². The number of aromatic hydroxyl groups is 1. The molecule has 6 unspecified atom stereocenters. The van der Waals surface area contributed by atoms with E-state index in [2.05, 4.69) is 6.08 Å². The zero-order valence-corrected chi connectivity index (χ0v) is 24.7. The van der Waals surface area contributed by atoms with Crippen molar-refractivity contribution in [3.05, 3.63) is 98.4 Å². The predicted octanol–water partition coefficient (Wildman–Crippen LogP) is 5.70. The number of likely N-dealkylation sites (tertiary alicyclic amines) is 2. The third-order valence-corrected chi connectivity index (χ3v) is 11.6. The van der Waals surface area contributed by atoms with Gasteiger partial charge >= 0.3 is 0 Å². The molecule has 3 fully saturated rings. The van der Waals surface area contributed by atoms with Gasteiger partial charge in [-0.1, -0.05) is 54.1 Å². The third-order valence-electron chi connectivity index (χ3n) is 9.89. The van der Waals surface area contributed by atoms with Crippen molar-refractivity contribution in [3.8, 4) is 5.75 Å². The number of thiophene rings is 2. The lowest BCUT2D eigenvalue weighted by Gasteiger charge is -2.44. The summed E-state index contributed by atoms with van der Waals surface area (Å²) < 4.78 is 0. The highest BCUT2D eigenvalue weighted by molar-refractivity contribution is 7.10. The highest BCUT2D eigenvalue weighted by Gasteiger charge is 2.62. The van der Waals surface area contributed by atoms with Crippen molar-refractivity contribution < 1.29 is 24.3 Å². The number of allylic oxidation sites excluding steroid dienone is 2. The summed E-state index contributed by atoms with van der Waals surface area (Å²) in [5, 5.41) is 16.1. The van der Waals surface area contributed by atoms with Gasteiger partial charge < -0.3 is 5.11 Å². The van der Waals surface area contributed by atoms with Crippen LogP contribution in [0.15, 0.2) is 83.1 Å². The summed E-state index contributed by atoms with van der Waals surface area (Å²) in [4.78, 5) is 60.6. The van der Waals surface area contributed by atoms with Gasteiger partial charge in [-0.15, -0.1) is 22.7 Å². The minimum absolute atomic E-state index is 0.148. The lowest BCUT2D eigenvalue weighted by molar-refractivity contribution is -0.142. The molecule has 2 aromatic heterocycles. The molecule has 1 saturated carbocycles. The molecule has 0 spiro atoms. The van der Waals surface area contributed by atoms with Crippen LogP contribution in [-0.2, 0) is 32.3 Å². The van der Waals surface area contributed by atoms with Gasteiger partial charge in [0.25, 0.3) is 0 Å². The van der Waals surface area contributed by atoms with Crippen molar-refractivity contribution in [2.45, 2.75) is 31.8 Å². The monoisotopic (exact) mass is 608 g/mol. The highest BCUT2D eigenvalue weighted by atomic mass is 32.1. The molecule has 0 bridgehead atoms. The third kappa shape index (κ3) is 3.98. The minimum Gasteiger partial charge on any atom is -0.507 e. The number of carbonyl (C=O) groups excluding carboxylic acids is 4. The number of nitrogens with zero attached hydrogens (tertiary/aromatic N) is 2. The molecule has 1 N–H and O–H groups in total. The van der Waals surface area contributed by atoms with Crippen molar-refractivity contribution in [1.82, 2.24) is 9.80 Å². The Labute approximate surface area is 256 Å².